The van der Waals surface area contributed by atoms with Crippen LogP contribution in [0.3, 0.4) is 0 Å². The monoisotopic (exact) mass is 383 g/mol. The summed E-state index contributed by atoms with van der Waals surface area (Å²) in [4.78, 5) is 12.7. The lowest BCUT2D eigenvalue weighted by molar-refractivity contribution is 0.203. The molecule has 2 aromatic carbocycles. The summed E-state index contributed by atoms with van der Waals surface area (Å²) in [7, 11) is 0. The van der Waals surface area contributed by atoms with Gasteiger partial charge < -0.3 is 5.32 Å². The van der Waals surface area contributed by atoms with E-state index in [4.69, 9.17) is 11.6 Å². The summed E-state index contributed by atoms with van der Waals surface area (Å²) < 4.78 is 0. The number of carbonyl (C=O) groups excluding carboxylic acids is 1. The molecule has 0 bridgehead atoms. The molecule has 5 heteroatoms. The molecular weight excluding hydrogens is 358 g/mol. The molecule has 0 saturated heterocycles. The van der Waals surface area contributed by atoms with E-state index in [-0.39, 0.29) is 11.9 Å². The van der Waals surface area contributed by atoms with Gasteiger partial charge in [0.1, 0.15) is 0 Å². The number of unbranched alkanes of at least 4 members (excludes halogenated alkanes) is 1. The Morgan fingerprint density at radius 2 is 1.96 bits per heavy atom. The van der Waals surface area contributed by atoms with Crippen LogP contribution in [0.15, 0.2) is 53.6 Å². The number of benzene rings is 2. The summed E-state index contributed by atoms with van der Waals surface area (Å²) >= 11 is 6.02. The first-order valence-electron chi connectivity index (χ1n) is 9.51. The molecule has 1 aliphatic rings. The SMILES string of the molecule is CCCCC1=NN(C(=O)NCc2ccccc2C)CC1c1ccc(Cl)cc1. The first-order chi connectivity index (χ1) is 13.1. The predicted molar refractivity (Wildman–Crippen MR) is 111 cm³/mol. The van der Waals surface area contributed by atoms with Crippen LogP contribution in [-0.4, -0.2) is 23.3 Å². The number of nitrogens with zero attached hydrogens (tertiary/aromatic N) is 2. The number of rotatable bonds is 6. The lowest BCUT2D eigenvalue weighted by Crippen LogP contribution is -2.35. The Morgan fingerprint density at radius 1 is 1.22 bits per heavy atom. The minimum Gasteiger partial charge on any atom is -0.332 e. The molecule has 3 rings (SSSR count). The van der Waals surface area contributed by atoms with E-state index in [1.54, 1.807) is 5.01 Å². The molecule has 0 radical (unpaired) electrons. The smallest absolute Gasteiger partial charge is 0.332 e. The Balaban J connectivity index is 1.69. The summed E-state index contributed by atoms with van der Waals surface area (Å²) in [5, 5.41) is 9.93. The highest BCUT2D eigenvalue weighted by Gasteiger charge is 2.30. The zero-order valence-corrected chi connectivity index (χ0v) is 16.7. The van der Waals surface area contributed by atoms with Gasteiger partial charge in [0, 0.05) is 23.2 Å². The number of urea groups is 1. The molecule has 4 nitrogen and oxygen atoms in total. The van der Waals surface area contributed by atoms with Crippen molar-refractivity contribution in [3.63, 3.8) is 0 Å². The van der Waals surface area contributed by atoms with Gasteiger partial charge in [0.2, 0.25) is 0 Å². The number of hydrogen-bond acceptors (Lipinski definition) is 2. The minimum absolute atomic E-state index is 0.137. The zero-order valence-electron chi connectivity index (χ0n) is 15.9. The van der Waals surface area contributed by atoms with Gasteiger partial charge in [-0.05, 0) is 48.6 Å². The fourth-order valence-electron chi connectivity index (χ4n) is 3.32. The highest BCUT2D eigenvalue weighted by molar-refractivity contribution is 6.30. The number of amides is 2. The van der Waals surface area contributed by atoms with Crippen LogP contribution >= 0.6 is 11.6 Å². The van der Waals surface area contributed by atoms with Gasteiger partial charge in [0.15, 0.2) is 0 Å². The number of carbonyl (C=O) groups is 1. The van der Waals surface area contributed by atoms with E-state index in [2.05, 4.69) is 30.3 Å². The quantitative estimate of drug-likeness (QED) is 0.702. The van der Waals surface area contributed by atoms with Crippen LogP contribution in [0.4, 0.5) is 4.79 Å². The Hall–Kier alpha value is -2.33. The molecule has 1 heterocycles. The molecular formula is C22H26ClN3O. The van der Waals surface area contributed by atoms with Gasteiger partial charge in [-0.1, -0.05) is 61.3 Å². The molecule has 2 aromatic rings. The summed E-state index contributed by atoms with van der Waals surface area (Å²) in [5.41, 5.74) is 4.52. The fraction of sp³-hybridized carbons (Fsp3) is 0.364. The van der Waals surface area contributed by atoms with Crippen LogP contribution in [0.5, 0.6) is 0 Å². The topological polar surface area (TPSA) is 44.7 Å². The molecule has 1 N–H and O–H groups in total. The van der Waals surface area contributed by atoms with E-state index in [1.807, 2.05) is 42.5 Å². The molecule has 0 saturated carbocycles. The Kier molecular flexibility index (Phi) is 6.51. The maximum absolute atomic E-state index is 12.7. The number of halogens is 1. The maximum atomic E-state index is 12.7. The molecule has 1 atom stereocenters. The summed E-state index contributed by atoms with van der Waals surface area (Å²) in [5.74, 6) is 0.137. The second-order valence-electron chi connectivity index (χ2n) is 6.97. The molecule has 0 spiro atoms. The van der Waals surface area contributed by atoms with E-state index < -0.39 is 0 Å². The Morgan fingerprint density at radius 3 is 2.67 bits per heavy atom. The predicted octanol–water partition coefficient (Wildman–Crippen LogP) is 5.50. The summed E-state index contributed by atoms with van der Waals surface area (Å²) in [6, 6.07) is 15.8. The van der Waals surface area contributed by atoms with Gasteiger partial charge in [-0.2, -0.15) is 5.10 Å². The standard InChI is InChI=1S/C22H26ClN3O/c1-3-4-9-21-20(17-10-12-19(23)13-11-17)15-26(25-21)22(27)24-14-18-8-6-5-7-16(18)2/h5-8,10-13,20H,3-4,9,14-15H2,1-2H3,(H,24,27). The lowest BCUT2D eigenvalue weighted by atomic mass is 9.92. The number of nitrogens with one attached hydrogen (secondary N) is 1. The van der Waals surface area contributed by atoms with Gasteiger partial charge in [-0.3, -0.25) is 0 Å². The van der Waals surface area contributed by atoms with Crippen molar-refractivity contribution in [3.8, 4) is 0 Å². The Bertz CT molecular complexity index is 817. The third-order valence-corrected chi connectivity index (χ3v) is 5.24. The van der Waals surface area contributed by atoms with Crippen molar-refractivity contribution in [1.82, 2.24) is 10.3 Å². The van der Waals surface area contributed by atoms with Crippen LogP contribution in [0.2, 0.25) is 5.02 Å². The molecule has 2 amide bonds. The van der Waals surface area contributed by atoms with E-state index >= 15 is 0 Å². The minimum atomic E-state index is -0.149. The molecule has 0 aliphatic carbocycles. The third kappa shape index (κ3) is 4.89. The van der Waals surface area contributed by atoms with Gasteiger partial charge in [-0.25, -0.2) is 9.80 Å². The second-order valence-corrected chi connectivity index (χ2v) is 7.40. The third-order valence-electron chi connectivity index (χ3n) is 4.99. The highest BCUT2D eigenvalue weighted by atomic mass is 35.5. The van der Waals surface area contributed by atoms with Gasteiger partial charge in [0.05, 0.1) is 6.54 Å². The van der Waals surface area contributed by atoms with Crippen molar-refractivity contribution in [3.05, 3.63) is 70.2 Å². The average molecular weight is 384 g/mol. The number of hydrazone groups is 1. The van der Waals surface area contributed by atoms with Crippen molar-refractivity contribution in [2.24, 2.45) is 5.10 Å². The van der Waals surface area contributed by atoms with Gasteiger partial charge >= 0.3 is 6.03 Å². The number of hydrogen-bond donors (Lipinski definition) is 1. The number of aryl methyl sites for hydroxylation is 1. The molecule has 142 valence electrons. The van der Waals surface area contributed by atoms with Crippen molar-refractivity contribution in [1.29, 1.82) is 0 Å². The molecule has 27 heavy (non-hydrogen) atoms. The Labute approximate surface area is 166 Å². The fourth-order valence-corrected chi connectivity index (χ4v) is 3.44. The van der Waals surface area contributed by atoms with E-state index in [0.717, 1.165) is 41.1 Å². The van der Waals surface area contributed by atoms with E-state index in [1.165, 1.54) is 5.56 Å². The van der Waals surface area contributed by atoms with Crippen LogP contribution in [0.1, 0.15) is 48.8 Å². The maximum Gasteiger partial charge on any atom is 0.338 e. The second kappa shape index (κ2) is 9.05. The highest BCUT2D eigenvalue weighted by Crippen LogP contribution is 2.28. The average Bonchev–Trinajstić information content (AvgIpc) is 3.10. The summed E-state index contributed by atoms with van der Waals surface area (Å²) in [6.45, 7) is 5.29. The zero-order chi connectivity index (χ0) is 19.2. The normalized spacial score (nSPS) is 16.3. The van der Waals surface area contributed by atoms with Crippen molar-refractivity contribution in [2.75, 3.05) is 6.54 Å². The van der Waals surface area contributed by atoms with Crippen molar-refractivity contribution >= 4 is 23.3 Å². The molecule has 0 fully saturated rings. The van der Waals surface area contributed by atoms with Crippen molar-refractivity contribution in [2.45, 2.75) is 45.6 Å². The van der Waals surface area contributed by atoms with Crippen molar-refractivity contribution < 1.29 is 4.79 Å². The van der Waals surface area contributed by atoms with Gasteiger partial charge in [-0.15, -0.1) is 0 Å². The van der Waals surface area contributed by atoms with Gasteiger partial charge in [0.25, 0.3) is 0 Å². The summed E-state index contributed by atoms with van der Waals surface area (Å²) in [6.07, 6.45) is 3.08. The van der Waals surface area contributed by atoms with E-state index in [0.29, 0.717) is 13.1 Å². The molecule has 1 aliphatic heterocycles. The van der Waals surface area contributed by atoms with Crippen LogP contribution in [0, 0.1) is 6.92 Å². The van der Waals surface area contributed by atoms with Crippen LogP contribution in [0.25, 0.3) is 0 Å². The van der Waals surface area contributed by atoms with Crippen LogP contribution in [-0.2, 0) is 6.54 Å². The van der Waals surface area contributed by atoms with E-state index in [9.17, 15) is 4.79 Å². The lowest BCUT2D eigenvalue weighted by Gasteiger charge is -2.16. The largest absolute Gasteiger partial charge is 0.338 e. The molecule has 1 unspecified atom stereocenters. The molecule has 0 aromatic heterocycles. The first kappa shape index (κ1) is 19.4. The first-order valence-corrected chi connectivity index (χ1v) is 9.89. The van der Waals surface area contributed by atoms with Crippen LogP contribution < -0.4 is 5.32 Å².